The van der Waals surface area contributed by atoms with Gasteiger partial charge in [-0.1, -0.05) is 12.1 Å². The highest BCUT2D eigenvalue weighted by molar-refractivity contribution is 5.73. The molecular formula is C23H34F3N3O6. The summed E-state index contributed by atoms with van der Waals surface area (Å²) in [5, 5.41) is 12.8. The van der Waals surface area contributed by atoms with Gasteiger partial charge in [0.25, 0.3) is 0 Å². The summed E-state index contributed by atoms with van der Waals surface area (Å²) in [4.78, 5) is 22.9. The van der Waals surface area contributed by atoms with Gasteiger partial charge in [-0.25, -0.2) is 9.59 Å². The van der Waals surface area contributed by atoms with Crippen molar-refractivity contribution in [2.75, 3.05) is 46.0 Å². The number of benzene rings is 1. The molecule has 0 bridgehead atoms. The molecule has 2 heterocycles. The molecule has 0 unspecified atom stereocenters. The van der Waals surface area contributed by atoms with Gasteiger partial charge in [0.2, 0.25) is 0 Å². The molecule has 9 nitrogen and oxygen atoms in total. The van der Waals surface area contributed by atoms with Gasteiger partial charge < -0.3 is 30.0 Å². The summed E-state index contributed by atoms with van der Waals surface area (Å²) in [6.45, 7) is 9.60. The van der Waals surface area contributed by atoms with Gasteiger partial charge in [0.1, 0.15) is 11.4 Å². The number of urea groups is 1. The molecule has 12 heteroatoms. The maximum atomic E-state index is 11.6. The van der Waals surface area contributed by atoms with Gasteiger partial charge in [-0.2, -0.15) is 13.2 Å². The summed E-state index contributed by atoms with van der Waals surface area (Å²) < 4.78 is 49.6. The third-order valence-electron chi connectivity index (χ3n) is 5.45. The van der Waals surface area contributed by atoms with Crippen LogP contribution in [0.3, 0.4) is 0 Å². The number of ether oxygens (including phenoxy) is 3. The lowest BCUT2D eigenvalue weighted by molar-refractivity contribution is -0.192. The van der Waals surface area contributed by atoms with Gasteiger partial charge in [-0.15, -0.1) is 0 Å². The Bertz CT molecular complexity index is 826. The van der Waals surface area contributed by atoms with E-state index >= 15 is 0 Å². The number of carboxylic acids is 1. The Morgan fingerprint density at radius 2 is 2.03 bits per heavy atom. The summed E-state index contributed by atoms with van der Waals surface area (Å²) in [5.41, 5.74) is 0.942. The lowest BCUT2D eigenvalue weighted by Gasteiger charge is -2.32. The minimum absolute atomic E-state index is 0.0347. The minimum atomic E-state index is -5.08. The van der Waals surface area contributed by atoms with Gasteiger partial charge in [-0.3, -0.25) is 4.90 Å². The molecule has 2 aliphatic heterocycles. The number of nitrogens with zero attached hydrogens (tertiary/aromatic N) is 1. The number of hydrogen-bond donors (Lipinski definition) is 3. The molecule has 2 atom stereocenters. The van der Waals surface area contributed by atoms with Crippen LogP contribution < -0.4 is 15.4 Å². The Balaban J connectivity index is 0.000000540. The smallest absolute Gasteiger partial charge is 0.490 e. The largest absolute Gasteiger partial charge is 0.494 e. The number of amides is 2. The van der Waals surface area contributed by atoms with Crippen LogP contribution in [0.15, 0.2) is 24.3 Å². The van der Waals surface area contributed by atoms with E-state index in [9.17, 15) is 18.0 Å². The summed E-state index contributed by atoms with van der Waals surface area (Å²) in [6, 6.07) is 8.14. The van der Waals surface area contributed by atoms with E-state index in [-0.39, 0.29) is 17.7 Å². The van der Waals surface area contributed by atoms with Gasteiger partial charge in [-0.05, 0) is 44.4 Å². The second-order valence-electron chi connectivity index (χ2n) is 8.35. The van der Waals surface area contributed by atoms with Crippen LogP contribution in [-0.2, 0) is 20.8 Å². The molecule has 2 fully saturated rings. The molecule has 0 radical (unpaired) electrons. The molecular weight excluding hydrogens is 471 g/mol. The van der Waals surface area contributed by atoms with Crippen LogP contribution in [0.4, 0.5) is 18.0 Å². The van der Waals surface area contributed by atoms with Crippen LogP contribution >= 0.6 is 0 Å². The van der Waals surface area contributed by atoms with E-state index in [1.165, 1.54) is 5.56 Å². The number of hydrogen-bond acceptors (Lipinski definition) is 6. The highest BCUT2D eigenvalue weighted by Gasteiger charge is 2.43. The minimum Gasteiger partial charge on any atom is -0.494 e. The van der Waals surface area contributed by atoms with E-state index in [4.69, 9.17) is 24.1 Å². The number of halogens is 3. The van der Waals surface area contributed by atoms with Crippen LogP contribution in [0.5, 0.6) is 5.75 Å². The fourth-order valence-electron chi connectivity index (χ4n) is 3.97. The molecule has 198 valence electrons. The van der Waals surface area contributed by atoms with Gasteiger partial charge in [0.15, 0.2) is 0 Å². The van der Waals surface area contributed by atoms with Crippen LogP contribution in [0.1, 0.15) is 32.3 Å². The highest BCUT2D eigenvalue weighted by atomic mass is 19.4. The Hall–Kier alpha value is -2.57. The van der Waals surface area contributed by atoms with E-state index in [0.29, 0.717) is 32.9 Å². The number of aliphatic carboxylic acids is 1. The van der Waals surface area contributed by atoms with Gasteiger partial charge in [0.05, 0.1) is 25.9 Å². The molecule has 3 rings (SSSR count). The molecule has 2 aliphatic rings. The van der Waals surface area contributed by atoms with E-state index in [0.717, 1.165) is 38.2 Å². The predicted octanol–water partition coefficient (Wildman–Crippen LogP) is 2.79. The fraction of sp³-hybridized carbons (Fsp3) is 0.652. The van der Waals surface area contributed by atoms with Crippen LogP contribution in [0.2, 0.25) is 0 Å². The third kappa shape index (κ3) is 9.90. The first-order chi connectivity index (χ1) is 16.6. The molecule has 0 saturated carbocycles. The summed E-state index contributed by atoms with van der Waals surface area (Å²) >= 11 is 0. The maximum Gasteiger partial charge on any atom is 0.490 e. The Morgan fingerprint density at radius 3 is 2.69 bits per heavy atom. The average Bonchev–Trinajstić information content (AvgIpc) is 3.07. The van der Waals surface area contributed by atoms with Crippen molar-refractivity contribution in [1.82, 2.24) is 15.5 Å². The molecule has 1 spiro atoms. The number of alkyl halides is 3. The predicted molar refractivity (Wildman–Crippen MR) is 121 cm³/mol. The Labute approximate surface area is 202 Å². The normalized spacial score (nSPS) is 22.6. The lowest BCUT2D eigenvalue weighted by atomic mass is 10.00. The first-order valence-corrected chi connectivity index (χ1v) is 11.6. The maximum absolute atomic E-state index is 11.6. The van der Waals surface area contributed by atoms with Crippen molar-refractivity contribution in [3.63, 3.8) is 0 Å². The number of carbonyl (C=O) groups excluding carboxylic acids is 1. The Kier molecular flexibility index (Phi) is 11.1. The van der Waals surface area contributed by atoms with Crippen molar-refractivity contribution in [2.45, 2.75) is 51.1 Å². The average molecular weight is 506 g/mol. The molecule has 35 heavy (non-hydrogen) atoms. The zero-order valence-corrected chi connectivity index (χ0v) is 20.0. The first-order valence-electron chi connectivity index (χ1n) is 11.6. The Morgan fingerprint density at radius 1 is 1.29 bits per heavy atom. The number of carboxylic acid groups (broad SMARTS) is 1. The first kappa shape index (κ1) is 28.7. The standard InChI is InChI=1S/C21H33N3O4.C2HF3O2/c1-3-22-20(25)23-13-19-8-9-21(28-19)15-24(10-11-26-16-21)14-17-6-5-7-18(12-17)27-4-2;3-2(4,5)1(6)7/h5-7,12,19H,3-4,8-11,13-16H2,1-2H3,(H2,22,23,25);(H,6,7)/t19-,21+;/m1./s1. The molecule has 2 amide bonds. The number of carbonyl (C=O) groups is 2. The van der Waals surface area contributed by atoms with E-state index in [2.05, 4.69) is 27.7 Å². The molecule has 1 aromatic carbocycles. The summed E-state index contributed by atoms with van der Waals surface area (Å²) in [6.07, 6.45) is -3.17. The highest BCUT2D eigenvalue weighted by Crippen LogP contribution is 2.33. The summed E-state index contributed by atoms with van der Waals surface area (Å²) in [7, 11) is 0. The molecule has 0 aromatic heterocycles. The second-order valence-corrected chi connectivity index (χ2v) is 8.35. The topological polar surface area (TPSA) is 109 Å². The molecule has 2 saturated heterocycles. The van der Waals surface area contributed by atoms with Crippen molar-refractivity contribution in [3.8, 4) is 5.75 Å². The molecule has 1 aromatic rings. The van der Waals surface area contributed by atoms with Crippen molar-refractivity contribution in [2.24, 2.45) is 0 Å². The number of rotatable bonds is 7. The van der Waals surface area contributed by atoms with Gasteiger partial charge in [0, 0.05) is 32.7 Å². The zero-order chi connectivity index (χ0) is 25.9. The number of nitrogens with one attached hydrogen (secondary N) is 2. The van der Waals surface area contributed by atoms with E-state index in [1.807, 2.05) is 26.0 Å². The van der Waals surface area contributed by atoms with Crippen LogP contribution in [0.25, 0.3) is 0 Å². The van der Waals surface area contributed by atoms with Crippen LogP contribution in [-0.4, -0.2) is 85.9 Å². The SMILES string of the molecule is CCNC(=O)NC[C@H]1CC[C@]2(COCCN(Cc3cccc(OCC)c3)C2)O1.O=C(O)C(F)(F)F. The zero-order valence-electron chi connectivity index (χ0n) is 20.0. The lowest BCUT2D eigenvalue weighted by Crippen LogP contribution is -2.46. The summed E-state index contributed by atoms with van der Waals surface area (Å²) in [5.74, 6) is -1.85. The quantitative estimate of drug-likeness (QED) is 0.523. The third-order valence-corrected chi connectivity index (χ3v) is 5.45. The van der Waals surface area contributed by atoms with Crippen molar-refractivity contribution in [1.29, 1.82) is 0 Å². The molecule has 3 N–H and O–H groups in total. The van der Waals surface area contributed by atoms with Crippen molar-refractivity contribution in [3.05, 3.63) is 29.8 Å². The van der Waals surface area contributed by atoms with E-state index in [1.54, 1.807) is 0 Å². The van der Waals surface area contributed by atoms with E-state index < -0.39 is 12.1 Å². The van der Waals surface area contributed by atoms with Crippen molar-refractivity contribution >= 4 is 12.0 Å². The second kappa shape index (κ2) is 13.5. The monoisotopic (exact) mass is 505 g/mol. The van der Waals surface area contributed by atoms with Gasteiger partial charge >= 0.3 is 18.2 Å². The van der Waals surface area contributed by atoms with Crippen molar-refractivity contribution < 1.29 is 42.1 Å². The van der Waals surface area contributed by atoms with Crippen LogP contribution in [0, 0.1) is 0 Å². The molecule has 0 aliphatic carbocycles. The fourth-order valence-corrected chi connectivity index (χ4v) is 3.97.